The molecule has 5 heteroatoms. The molecule has 0 saturated carbocycles. The lowest BCUT2D eigenvalue weighted by molar-refractivity contribution is 0.0950. The van der Waals surface area contributed by atoms with Crippen molar-refractivity contribution in [3.8, 4) is 0 Å². The van der Waals surface area contributed by atoms with E-state index in [2.05, 4.69) is 20.2 Å². The number of anilines is 1. The minimum Gasteiger partial charge on any atom is -0.346 e. The number of amides is 1. The maximum absolute atomic E-state index is 12.2. The molecule has 1 aliphatic rings. The van der Waals surface area contributed by atoms with Gasteiger partial charge < -0.3 is 10.2 Å². The second-order valence-electron chi connectivity index (χ2n) is 5.54. The van der Waals surface area contributed by atoms with E-state index in [0.29, 0.717) is 12.1 Å². The lowest BCUT2D eigenvalue weighted by atomic mass is 10.1. The fraction of sp³-hybridized carbons (Fsp3) is 0.353. The fourth-order valence-corrected chi connectivity index (χ4v) is 2.65. The largest absolute Gasteiger partial charge is 0.346 e. The summed E-state index contributed by atoms with van der Waals surface area (Å²) >= 11 is 0. The van der Waals surface area contributed by atoms with Crippen molar-refractivity contribution >= 4 is 11.9 Å². The molecular weight excluding hydrogens is 276 g/mol. The van der Waals surface area contributed by atoms with Gasteiger partial charge in [0, 0.05) is 24.8 Å². The lowest BCUT2D eigenvalue weighted by Gasteiger charge is -2.15. The summed E-state index contributed by atoms with van der Waals surface area (Å²) in [4.78, 5) is 23.3. The Morgan fingerprint density at radius 1 is 1.23 bits per heavy atom. The highest BCUT2D eigenvalue weighted by Gasteiger charge is 2.15. The summed E-state index contributed by atoms with van der Waals surface area (Å²) in [5.74, 6) is 0.694. The minimum atomic E-state index is -0.0700. The van der Waals surface area contributed by atoms with E-state index in [0.717, 1.165) is 30.3 Å². The Morgan fingerprint density at radius 2 is 2.00 bits per heavy atom. The molecule has 0 aliphatic carbocycles. The van der Waals surface area contributed by atoms with Crippen molar-refractivity contribution in [3.63, 3.8) is 0 Å². The van der Waals surface area contributed by atoms with E-state index in [1.165, 1.54) is 12.8 Å². The average Bonchev–Trinajstić information content (AvgIpc) is 3.08. The zero-order chi connectivity index (χ0) is 15.4. The summed E-state index contributed by atoms with van der Waals surface area (Å²) in [7, 11) is 0. The van der Waals surface area contributed by atoms with Crippen molar-refractivity contribution in [2.45, 2.75) is 26.3 Å². The van der Waals surface area contributed by atoms with Gasteiger partial charge in [-0.05, 0) is 37.5 Å². The molecule has 1 saturated heterocycles. The van der Waals surface area contributed by atoms with Crippen LogP contribution in [0.5, 0.6) is 0 Å². The number of nitrogens with zero attached hydrogens (tertiary/aromatic N) is 3. The summed E-state index contributed by atoms with van der Waals surface area (Å²) < 4.78 is 0. The second kappa shape index (κ2) is 6.56. The number of hydrogen-bond donors (Lipinski definition) is 1. The Morgan fingerprint density at radius 3 is 2.77 bits per heavy atom. The topological polar surface area (TPSA) is 58.1 Å². The van der Waals surface area contributed by atoms with Gasteiger partial charge in [-0.2, -0.15) is 0 Å². The van der Waals surface area contributed by atoms with E-state index in [1.54, 1.807) is 6.20 Å². The summed E-state index contributed by atoms with van der Waals surface area (Å²) in [5.41, 5.74) is 2.51. The van der Waals surface area contributed by atoms with Crippen LogP contribution in [-0.4, -0.2) is 29.0 Å². The van der Waals surface area contributed by atoms with Crippen molar-refractivity contribution in [1.82, 2.24) is 15.3 Å². The Bertz CT molecular complexity index is 665. The lowest BCUT2D eigenvalue weighted by Crippen LogP contribution is -2.25. The summed E-state index contributed by atoms with van der Waals surface area (Å²) in [6.07, 6.45) is 4.14. The predicted octanol–water partition coefficient (Wildman–Crippen LogP) is 2.32. The van der Waals surface area contributed by atoms with Crippen LogP contribution in [0.25, 0.3) is 0 Å². The maximum atomic E-state index is 12.2. The third-order valence-electron chi connectivity index (χ3n) is 3.91. The molecule has 5 nitrogen and oxygen atoms in total. The quantitative estimate of drug-likeness (QED) is 0.940. The molecule has 0 spiro atoms. The SMILES string of the molecule is Cc1ccccc1C(=O)NCc1ccnc(N2CCCC2)n1. The first kappa shape index (κ1) is 14.5. The first-order valence-electron chi connectivity index (χ1n) is 7.65. The molecule has 114 valence electrons. The number of nitrogens with one attached hydrogen (secondary N) is 1. The van der Waals surface area contributed by atoms with Gasteiger partial charge in [-0.25, -0.2) is 9.97 Å². The number of rotatable bonds is 4. The number of carbonyl (C=O) groups is 1. The smallest absolute Gasteiger partial charge is 0.251 e. The van der Waals surface area contributed by atoms with Crippen molar-refractivity contribution in [3.05, 3.63) is 53.3 Å². The Labute approximate surface area is 130 Å². The fourth-order valence-electron chi connectivity index (χ4n) is 2.65. The Balaban J connectivity index is 1.65. The van der Waals surface area contributed by atoms with E-state index < -0.39 is 0 Å². The van der Waals surface area contributed by atoms with Gasteiger partial charge >= 0.3 is 0 Å². The molecule has 0 unspecified atom stereocenters. The number of benzene rings is 1. The van der Waals surface area contributed by atoms with Crippen LogP contribution in [0.3, 0.4) is 0 Å². The molecule has 1 aliphatic heterocycles. The molecule has 0 bridgehead atoms. The van der Waals surface area contributed by atoms with Crippen LogP contribution >= 0.6 is 0 Å². The van der Waals surface area contributed by atoms with E-state index >= 15 is 0 Å². The third kappa shape index (κ3) is 3.24. The molecule has 1 aromatic heterocycles. The molecule has 0 radical (unpaired) electrons. The number of aromatic nitrogens is 2. The van der Waals surface area contributed by atoms with Crippen LogP contribution < -0.4 is 10.2 Å². The molecule has 2 aromatic rings. The molecule has 1 aromatic carbocycles. The van der Waals surface area contributed by atoms with Crippen molar-refractivity contribution in [2.24, 2.45) is 0 Å². The van der Waals surface area contributed by atoms with Crippen LogP contribution in [0.4, 0.5) is 5.95 Å². The molecule has 1 amide bonds. The third-order valence-corrected chi connectivity index (χ3v) is 3.91. The Kier molecular flexibility index (Phi) is 4.32. The van der Waals surface area contributed by atoms with Gasteiger partial charge in [-0.1, -0.05) is 18.2 Å². The van der Waals surface area contributed by atoms with Gasteiger partial charge in [0.1, 0.15) is 0 Å². The van der Waals surface area contributed by atoms with Crippen molar-refractivity contribution < 1.29 is 4.79 Å². The van der Waals surface area contributed by atoms with Crippen LogP contribution in [-0.2, 0) is 6.54 Å². The first-order valence-corrected chi connectivity index (χ1v) is 7.65. The highest BCUT2D eigenvalue weighted by molar-refractivity contribution is 5.95. The van der Waals surface area contributed by atoms with Gasteiger partial charge in [0.15, 0.2) is 0 Å². The number of carbonyl (C=O) groups excluding carboxylic acids is 1. The standard InChI is InChI=1S/C17H20N4O/c1-13-6-2-3-7-15(13)16(22)19-12-14-8-9-18-17(20-14)21-10-4-5-11-21/h2-3,6-9H,4-5,10-12H2,1H3,(H,19,22). The van der Waals surface area contributed by atoms with Gasteiger partial charge in [0.05, 0.1) is 12.2 Å². The van der Waals surface area contributed by atoms with Crippen LogP contribution in [0, 0.1) is 6.92 Å². The van der Waals surface area contributed by atoms with Crippen LogP contribution in [0.15, 0.2) is 36.5 Å². The molecule has 22 heavy (non-hydrogen) atoms. The molecule has 1 fully saturated rings. The number of aryl methyl sites for hydroxylation is 1. The Hall–Kier alpha value is -2.43. The van der Waals surface area contributed by atoms with E-state index in [1.807, 2.05) is 37.3 Å². The highest BCUT2D eigenvalue weighted by Crippen LogP contribution is 2.15. The first-order chi connectivity index (χ1) is 10.7. The normalized spacial score (nSPS) is 14.1. The average molecular weight is 296 g/mol. The molecule has 3 rings (SSSR count). The molecule has 1 N–H and O–H groups in total. The number of hydrogen-bond acceptors (Lipinski definition) is 4. The second-order valence-corrected chi connectivity index (χ2v) is 5.54. The van der Waals surface area contributed by atoms with E-state index in [-0.39, 0.29) is 5.91 Å². The van der Waals surface area contributed by atoms with E-state index in [4.69, 9.17) is 0 Å². The predicted molar refractivity (Wildman–Crippen MR) is 85.8 cm³/mol. The van der Waals surface area contributed by atoms with E-state index in [9.17, 15) is 4.79 Å². The summed E-state index contributed by atoms with van der Waals surface area (Å²) in [6, 6.07) is 9.42. The van der Waals surface area contributed by atoms with Gasteiger partial charge in [-0.3, -0.25) is 4.79 Å². The van der Waals surface area contributed by atoms with Gasteiger partial charge in [0.25, 0.3) is 5.91 Å². The highest BCUT2D eigenvalue weighted by atomic mass is 16.1. The van der Waals surface area contributed by atoms with Crippen LogP contribution in [0.2, 0.25) is 0 Å². The zero-order valence-electron chi connectivity index (χ0n) is 12.7. The minimum absolute atomic E-state index is 0.0700. The molecular formula is C17H20N4O. The maximum Gasteiger partial charge on any atom is 0.251 e. The summed E-state index contributed by atoms with van der Waals surface area (Å²) in [5, 5.41) is 2.93. The van der Waals surface area contributed by atoms with Gasteiger partial charge in [0.2, 0.25) is 5.95 Å². The monoisotopic (exact) mass is 296 g/mol. The zero-order valence-corrected chi connectivity index (χ0v) is 12.7. The summed E-state index contributed by atoms with van der Waals surface area (Å²) in [6.45, 7) is 4.37. The van der Waals surface area contributed by atoms with Crippen LogP contribution in [0.1, 0.15) is 34.5 Å². The molecule has 0 atom stereocenters. The van der Waals surface area contributed by atoms with Crippen molar-refractivity contribution in [1.29, 1.82) is 0 Å². The van der Waals surface area contributed by atoms with Gasteiger partial charge in [-0.15, -0.1) is 0 Å². The van der Waals surface area contributed by atoms with Crippen molar-refractivity contribution in [2.75, 3.05) is 18.0 Å². The molecule has 2 heterocycles.